The standard InChI is InChI=1S/C40H42N6S2.2K/c1-3-5-7-13-25-45(39-43-35-21-9-11-23-37(35)47-39)41-29-31-17-15-19-33(27-31)34-20-16-18-32(28-34)30-42-46(26-14-8-6-4-2)40-44-36-22-10-12-24-38(36)48-40;;/h9-12,15-16,19-24,27-30H,3-8,13-14,25-26H2,1-2H3;;/q-2;2*+1/b41-29+,42-30+;;. The Morgan fingerprint density at radius 3 is 1.46 bits per heavy atom. The molecule has 0 saturated carbocycles. The molecule has 0 spiro atoms. The van der Waals surface area contributed by atoms with Crippen molar-refractivity contribution in [3.8, 4) is 11.1 Å². The summed E-state index contributed by atoms with van der Waals surface area (Å²) in [7, 11) is 0. The molecule has 2 aromatic heterocycles. The van der Waals surface area contributed by atoms with Crippen molar-refractivity contribution in [1.29, 1.82) is 0 Å². The molecule has 0 atom stereocenters. The van der Waals surface area contributed by atoms with E-state index < -0.39 is 0 Å². The maximum Gasteiger partial charge on any atom is 1.00 e. The third-order valence-corrected chi connectivity index (χ3v) is 10.2. The summed E-state index contributed by atoms with van der Waals surface area (Å²) >= 11 is 3.37. The van der Waals surface area contributed by atoms with Crippen LogP contribution in [-0.4, -0.2) is 35.5 Å². The van der Waals surface area contributed by atoms with E-state index in [4.69, 9.17) is 20.2 Å². The third kappa shape index (κ3) is 11.9. The average Bonchev–Trinajstić information content (AvgIpc) is 3.76. The van der Waals surface area contributed by atoms with Gasteiger partial charge in [-0.3, -0.25) is 0 Å². The van der Waals surface area contributed by atoms with Crippen molar-refractivity contribution in [2.45, 2.75) is 65.2 Å². The third-order valence-electron chi connectivity index (χ3n) is 8.11. The number of hydrogen-bond donors (Lipinski definition) is 0. The summed E-state index contributed by atoms with van der Waals surface area (Å²) in [5.41, 5.74) is 6.06. The van der Waals surface area contributed by atoms with Crippen LogP contribution in [0.4, 0.5) is 10.3 Å². The second kappa shape index (κ2) is 22.2. The molecule has 6 nitrogen and oxygen atoms in total. The van der Waals surface area contributed by atoms with E-state index in [9.17, 15) is 0 Å². The predicted molar refractivity (Wildman–Crippen MR) is 207 cm³/mol. The number of thiazole rings is 2. The average molecular weight is 749 g/mol. The predicted octanol–water partition coefficient (Wildman–Crippen LogP) is 5.02. The summed E-state index contributed by atoms with van der Waals surface area (Å²) in [6.45, 7) is 6.14. The zero-order chi connectivity index (χ0) is 33.0. The molecule has 10 heteroatoms. The van der Waals surface area contributed by atoms with Gasteiger partial charge in [-0.2, -0.15) is 0 Å². The zero-order valence-corrected chi connectivity index (χ0v) is 37.7. The van der Waals surface area contributed by atoms with Gasteiger partial charge in [-0.05, 0) is 49.5 Å². The van der Waals surface area contributed by atoms with E-state index in [0.29, 0.717) is 0 Å². The first-order chi connectivity index (χ1) is 23.7. The molecule has 0 unspecified atom stereocenters. The van der Waals surface area contributed by atoms with Crippen LogP contribution in [0.3, 0.4) is 0 Å². The fraction of sp³-hybridized carbons (Fsp3) is 0.300. The maximum absolute atomic E-state index is 4.93. The van der Waals surface area contributed by atoms with Gasteiger partial charge in [-0.15, -0.1) is 70.8 Å². The number of aromatic nitrogens is 2. The fourth-order valence-electron chi connectivity index (χ4n) is 5.47. The van der Waals surface area contributed by atoms with E-state index in [-0.39, 0.29) is 103 Å². The minimum Gasteiger partial charge on any atom is -0.248 e. The van der Waals surface area contributed by atoms with Gasteiger partial charge in [-0.25, -0.2) is 30.2 Å². The Balaban J connectivity index is 0.00000281. The number of benzene rings is 4. The van der Waals surface area contributed by atoms with Gasteiger partial charge in [-0.1, -0.05) is 99.3 Å². The first-order valence-electron chi connectivity index (χ1n) is 17.1. The van der Waals surface area contributed by atoms with Crippen molar-refractivity contribution in [1.82, 2.24) is 9.97 Å². The SMILES string of the molecule is CCCCCCN(/N=C/c1[c-]ccc(-c2cc[c-]c(/C=N/N(CCCCCC)c3nc4ccccc4s3)c2)c1)c1nc2ccccc2s1.[K+].[K+]. The zero-order valence-electron chi connectivity index (χ0n) is 29.8. The molecular weight excluding hydrogens is 707 g/mol. The van der Waals surface area contributed by atoms with Crippen LogP contribution in [0, 0.1) is 12.1 Å². The van der Waals surface area contributed by atoms with E-state index in [1.165, 1.54) is 47.9 Å². The van der Waals surface area contributed by atoms with Crippen molar-refractivity contribution in [3.05, 3.63) is 108 Å². The number of unbranched alkanes of at least 4 members (excludes halogenated alkanes) is 6. The number of nitrogens with zero attached hydrogens (tertiary/aromatic N) is 6. The molecule has 0 saturated heterocycles. The van der Waals surface area contributed by atoms with E-state index in [0.717, 1.165) is 69.5 Å². The number of para-hydroxylation sites is 2. The molecule has 0 radical (unpaired) electrons. The second-order valence-electron chi connectivity index (χ2n) is 11.9. The molecular formula is C40H42K2N6S2. The molecule has 0 amide bonds. The van der Waals surface area contributed by atoms with Gasteiger partial charge in [0.1, 0.15) is 0 Å². The summed E-state index contributed by atoms with van der Waals surface area (Å²) in [6, 6.07) is 35.7. The second-order valence-corrected chi connectivity index (χ2v) is 13.9. The van der Waals surface area contributed by atoms with Crippen molar-refractivity contribution in [3.63, 3.8) is 0 Å². The Labute approximate surface area is 390 Å². The van der Waals surface area contributed by atoms with Gasteiger partial charge in [0.05, 0.1) is 20.4 Å². The van der Waals surface area contributed by atoms with Gasteiger partial charge in [0.25, 0.3) is 0 Å². The molecule has 6 aromatic rings. The van der Waals surface area contributed by atoms with E-state index in [1.54, 1.807) is 22.7 Å². The van der Waals surface area contributed by atoms with Gasteiger partial charge in [0.2, 0.25) is 10.3 Å². The van der Waals surface area contributed by atoms with Crippen LogP contribution in [0.2, 0.25) is 0 Å². The monoisotopic (exact) mass is 748 g/mol. The molecule has 0 bridgehead atoms. The van der Waals surface area contributed by atoms with Crippen LogP contribution in [0.5, 0.6) is 0 Å². The summed E-state index contributed by atoms with van der Waals surface area (Å²) in [4.78, 5) is 9.76. The quantitative estimate of drug-likeness (QED) is 0.0433. The summed E-state index contributed by atoms with van der Waals surface area (Å²) in [6.07, 6.45) is 13.2. The molecule has 0 aliphatic heterocycles. The van der Waals surface area contributed by atoms with E-state index in [2.05, 4.69) is 86.6 Å². The van der Waals surface area contributed by atoms with Crippen LogP contribution in [0.15, 0.2) is 95.1 Å². The molecule has 4 aromatic carbocycles. The first-order valence-corrected chi connectivity index (χ1v) is 18.7. The molecule has 0 aliphatic carbocycles. The number of hydrazone groups is 2. The number of rotatable bonds is 17. The molecule has 0 N–H and O–H groups in total. The van der Waals surface area contributed by atoms with Crippen molar-refractivity contribution < 1.29 is 103 Å². The maximum atomic E-state index is 4.93. The van der Waals surface area contributed by atoms with Crippen molar-refractivity contribution >= 4 is 65.8 Å². The Bertz CT molecular complexity index is 1760. The van der Waals surface area contributed by atoms with Gasteiger partial charge in [0, 0.05) is 13.1 Å². The molecule has 2 heterocycles. The van der Waals surface area contributed by atoms with Crippen molar-refractivity contribution in [2.75, 3.05) is 23.1 Å². The molecule has 50 heavy (non-hydrogen) atoms. The Morgan fingerprint density at radius 1 is 0.600 bits per heavy atom. The van der Waals surface area contributed by atoms with Crippen LogP contribution in [0.1, 0.15) is 76.3 Å². The number of fused-ring (bicyclic) bond motifs is 2. The van der Waals surface area contributed by atoms with Gasteiger partial charge >= 0.3 is 103 Å². The van der Waals surface area contributed by atoms with Crippen LogP contribution >= 0.6 is 22.7 Å². The minimum absolute atomic E-state index is 0. The molecule has 0 fully saturated rings. The Kier molecular flexibility index (Phi) is 18.5. The van der Waals surface area contributed by atoms with Crippen LogP contribution in [0.25, 0.3) is 31.6 Å². The van der Waals surface area contributed by atoms with E-state index >= 15 is 0 Å². The Morgan fingerprint density at radius 2 is 1.04 bits per heavy atom. The number of hydrogen-bond acceptors (Lipinski definition) is 8. The molecule has 6 rings (SSSR count). The van der Waals surface area contributed by atoms with Crippen LogP contribution in [-0.2, 0) is 0 Å². The first kappa shape index (κ1) is 41.6. The normalized spacial score (nSPS) is 11.3. The number of anilines is 2. The summed E-state index contributed by atoms with van der Waals surface area (Å²) in [5.74, 6) is 0. The van der Waals surface area contributed by atoms with Gasteiger partial charge < -0.3 is 0 Å². The summed E-state index contributed by atoms with van der Waals surface area (Å²) < 4.78 is 2.35. The largest absolute Gasteiger partial charge is 1.00 e. The smallest absolute Gasteiger partial charge is 0.248 e. The van der Waals surface area contributed by atoms with E-state index in [1.807, 2.05) is 46.7 Å². The molecule has 246 valence electrons. The minimum atomic E-state index is 0. The summed E-state index contributed by atoms with van der Waals surface area (Å²) in [5, 5.41) is 15.8. The van der Waals surface area contributed by atoms with Crippen LogP contribution < -0.4 is 113 Å². The Hall–Kier alpha value is -1.13. The van der Waals surface area contributed by atoms with Crippen molar-refractivity contribution in [2.24, 2.45) is 10.2 Å². The van der Waals surface area contributed by atoms with Gasteiger partial charge in [0.15, 0.2) is 0 Å². The topological polar surface area (TPSA) is 57.0 Å². The molecule has 0 aliphatic rings. The fourth-order valence-corrected chi connectivity index (χ4v) is 7.36.